The molecule has 0 saturated carbocycles. The molecule has 0 saturated heterocycles. The Kier molecular flexibility index (Phi) is 3.96. The minimum atomic E-state index is 0.00311. The molecule has 1 aliphatic heterocycles. The molecule has 0 N–H and O–H groups in total. The monoisotopic (exact) mass is 293 g/mol. The van der Waals surface area contributed by atoms with E-state index in [2.05, 4.69) is 13.0 Å². The molecular formula is C19H19NO2. The molecule has 0 fully saturated rings. The third-order valence-corrected chi connectivity index (χ3v) is 3.99. The number of amides is 1. The van der Waals surface area contributed by atoms with Gasteiger partial charge < -0.3 is 9.64 Å². The number of nitrogens with zero attached hydrogens (tertiary/aromatic N) is 1. The van der Waals surface area contributed by atoms with Crippen molar-refractivity contribution in [3.05, 3.63) is 65.7 Å². The average molecular weight is 293 g/mol. The maximum Gasteiger partial charge on any atom is 0.251 e. The Morgan fingerprint density at radius 1 is 1.18 bits per heavy atom. The first-order valence-corrected chi connectivity index (χ1v) is 7.43. The molecule has 1 atom stereocenters. The number of benzene rings is 2. The van der Waals surface area contributed by atoms with Gasteiger partial charge in [0.15, 0.2) is 0 Å². The molecular weight excluding hydrogens is 274 g/mol. The fourth-order valence-corrected chi connectivity index (χ4v) is 2.95. The van der Waals surface area contributed by atoms with Crippen molar-refractivity contribution < 1.29 is 9.53 Å². The van der Waals surface area contributed by atoms with Crippen LogP contribution in [0.2, 0.25) is 0 Å². The molecule has 1 aliphatic rings. The van der Waals surface area contributed by atoms with Crippen LogP contribution in [0.3, 0.4) is 0 Å². The third kappa shape index (κ3) is 2.62. The van der Waals surface area contributed by atoms with Crippen molar-refractivity contribution in [2.75, 3.05) is 12.0 Å². The summed E-state index contributed by atoms with van der Waals surface area (Å²) in [7, 11) is 1.63. The molecule has 2 aromatic rings. The summed E-state index contributed by atoms with van der Waals surface area (Å²) in [6, 6.07) is 15.9. The Labute approximate surface area is 130 Å². The van der Waals surface area contributed by atoms with E-state index < -0.39 is 0 Å². The van der Waals surface area contributed by atoms with Crippen LogP contribution in [-0.4, -0.2) is 19.1 Å². The van der Waals surface area contributed by atoms with E-state index in [1.165, 1.54) is 5.56 Å². The third-order valence-electron chi connectivity index (χ3n) is 3.99. The summed E-state index contributed by atoms with van der Waals surface area (Å²) in [5, 5.41) is 0. The minimum absolute atomic E-state index is 0.00311. The summed E-state index contributed by atoms with van der Waals surface area (Å²) >= 11 is 0. The van der Waals surface area contributed by atoms with Gasteiger partial charge >= 0.3 is 0 Å². The lowest BCUT2D eigenvalue weighted by molar-refractivity contribution is -0.114. The highest BCUT2D eigenvalue weighted by molar-refractivity contribution is 6.05. The van der Waals surface area contributed by atoms with Gasteiger partial charge in [0.2, 0.25) is 0 Å². The maximum absolute atomic E-state index is 12.6. The first-order valence-electron chi connectivity index (χ1n) is 7.43. The number of hydrogen-bond acceptors (Lipinski definition) is 2. The molecule has 0 aromatic heterocycles. The van der Waals surface area contributed by atoms with Gasteiger partial charge in [-0.3, -0.25) is 4.79 Å². The number of carbonyl (C=O) groups excluding carboxylic acids is 1. The zero-order valence-corrected chi connectivity index (χ0v) is 12.8. The second kappa shape index (κ2) is 6.06. The van der Waals surface area contributed by atoms with E-state index in [4.69, 9.17) is 4.74 Å². The normalized spacial score (nSPS) is 16.8. The largest absolute Gasteiger partial charge is 0.496 e. The lowest BCUT2D eigenvalue weighted by Gasteiger charge is -2.21. The summed E-state index contributed by atoms with van der Waals surface area (Å²) in [5.41, 5.74) is 3.15. The van der Waals surface area contributed by atoms with Crippen LogP contribution >= 0.6 is 0 Å². The average Bonchev–Trinajstić information content (AvgIpc) is 2.88. The predicted molar refractivity (Wildman–Crippen MR) is 89.1 cm³/mol. The maximum atomic E-state index is 12.6. The van der Waals surface area contributed by atoms with Crippen LogP contribution < -0.4 is 9.64 Å². The van der Waals surface area contributed by atoms with Gasteiger partial charge in [0.25, 0.3) is 5.91 Å². The highest BCUT2D eigenvalue weighted by Gasteiger charge is 2.29. The number of anilines is 1. The van der Waals surface area contributed by atoms with Gasteiger partial charge in [-0.25, -0.2) is 0 Å². The van der Waals surface area contributed by atoms with E-state index in [0.717, 1.165) is 23.4 Å². The van der Waals surface area contributed by atoms with E-state index in [1.54, 1.807) is 13.2 Å². The molecule has 0 unspecified atom stereocenters. The van der Waals surface area contributed by atoms with Crippen LogP contribution in [0.25, 0.3) is 6.08 Å². The van der Waals surface area contributed by atoms with E-state index in [9.17, 15) is 4.79 Å². The van der Waals surface area contributed by atoms with E-state index in [1.807, 2.05) is 53.4 Å². The van der Waals surface area contributed by atoms with Crippen molar-refractivity contribution in [3.8, 4) is 5.75 Å². The lowest BCUT2D eigenvalue weighted by atomic mass is 10.1. The van der Waals surface area contributed by atoms with Crippen LogP contribution in [0.5, 0.6) is 5.75 Å². The van der Waals surface area contributed by atoms with Crippen LogP contribution in [-0.2, 0) is 11.2 Å². The zero-order chi connectivity index (χ0) is 15.5. The minimum Gasteiger partial charge on any atom is -0.496 e. The summed E-state index contributed by atoms with van der Waals surface area (Å²) in [4.78, 5) is 14.5. The van der Waals surface area contributed by atoms with Crippen LogP contribution in [0.1, 0.15) is 18.1 Å². The number of hydrogen-bond donors (Lipinski definition) is 0. The second-order valence-electron chi connectivity index (χ2n) is 5.47. The van der Waals surface area contributed by atoms with Crippen molar-refractivity contribution in [1.82, 2.24) is 0 Å². The molecule has 1 heterocycles. The van der Waals surface area contributed by atoms with Crippen LogP contribution in [0.4, 0.5) is 5.69 Å². The molecule has 1 amide bonds. The van der Waals surface area contributed by atoms with Crippen LogP contribution in [0, 0.1) is 0 Å². The molecule has 112 valence electrons. The van der Waals surface area contributed by atoms with Gasteiger partial charge in [-0.1, -0.05) is 36.4 Å². The summed E-state index contributed by atoms with van der Waals surface area (Å²) < 4.78 is 5.30. The van der Waals surface area contributed by atoms with E-state index in [-0.39, 0.29) is 11.9 Å². The number of para-hydroxylation sites is 2. The number of fused-ring (bicyclic) bond motifs is 1. The summed E-state index contributed by atoms with van der Waals surface area (Å²) in [6.07, 6.45) is 4.34. The second-order valence-corrected chi connectivity index (χ2v) is 5.47. The lowest BCUT2D eigenvalue weighted by Crippen LogP contribution is -2.34. The van der Waals surface area contributed by atoms with Crippen molar-refractivity contribution >= 4 is 17.7 Å². The first-order chi connectivity index (χ1) is 10.7. The Morgan fingerprint density at radius 3 is 2.73 bits per heavy atom. The first kappa shape index (κ1) is 14.4. The number of methoxy groups -OCH3 is 1. The molecule has 22 heavy (non-hydrogen) atoms. The van der Waals surface area contributed by atoms with Gasteiger partial charge in [-0.2, -0.15) is 0 Å². The molecule has 0 aliphatic carbocycles. The standard InChI is InChI=1S/C19H19NO2/c1-14-13-16-8-3-5-9-17(16)20(14)19(21)12-11-15-7-4-6-10-18(15)22-2/h3-12,14H,13H2,1-2H3/b12-11+/t14-/m1/s1. The highest BCUT2D eigenvalue weighted by Crippen LogP contribution is 2.32. The fraction of sp³-hybridized carbons (Fsp3) is 0.211. The quantitative estimate of drug-likeness (QED) is 0.808. The van der Waals surface area contributed by atoms with E-state index >= 15 is 0 Å². The fourth-order valence-electron chi connectivity index (χ4n) is 2.95. The van der Waals surface area contributed by atoms with E-state index in [0.29, 0.717) is 0 Å². The molecule has 0 bridgehead atoms. The van der Waals surface area contributed by atoms with Gasteiger partial charge in [0.1, 0.15) is 5.75 Å². The Morgan fingerprint density at radius 2 is 1.91 bits per heavy atom. The zero-order valence-electron chi connectivity index (χ0n) is 12.8. The van der Waals surface area contributed by atoms with Crippen molar-refractivity contribution in [2.24, 2.45) is 0 Å². The number of rotatable bonds is 3. The topological polar surface area (TPSA) is 29.5 Å². The van der Waals surface area contributed by atoms with Gasteiger partial charge in [-0.15, -0.1) is 0 Å². The molecule has 3 rings (SSSR count). The van der Waals surface area contributed by atoms with Crippen LogP contribution in [0.15, 0.2) is 54.6 Å². The molecule has 0 radical (unpaired) electrons. The molecule has 3 heteroatoms. The Bertz CT molecular complexity index is 721. The SMILES string of the molecule is COc1ccccc1/C=C/C(=O)N1c2ccccc2C[C@H]1C. The smallest absolute Gasteiger partial charge is 0.251 e. The number of ether oxygens (including phenoxy) is 1. The number of carbonyl (C=O) groups is 1. The van der Waals surface area contributed by atoms with Crippen molar-refractivity contribution in [2.45, 2.75) is 19.4 Å². The Balaban J connectivity index is 1.84. The van der Waals surface area contributed by atoms with Crippen molar-refractivity contribution in [3.63, 3.8) is 0 Å². The molecule has 3 nitrogen and oxygen atoms in total. The van der Waals surface area contributed by atoms with Gasteiger partial charge in [-0.05, 0) is 37.1 Å². The van der Waals surface area contributed by atoms with Crippen molar-refractivity contribution in [1.29, 1.82) is 0 Å². The summed E-state index contributed by atoms with van der Waals surface area (Å²) in [5.74, 6) is 0.768. The molecule has 0 spiro atoms. The Hall–Kier alpha value is -2.55. The highest BCUT2D eigenvalue weighted by atomic mass is 16.5. The summed E-state index contributed by atoms with van der Waals surface area (Å²) in [6.45, 7) is 2.08. The van der Waals surface area contributed by atoms with Gasteiger partial charge in [0.05, 0.1) is 7.11 Å². The predicted octanol–water partition coefficient (Wildman–Crippen LogP) is 3.69. The van der Waals surface area contributed by atoms with Gasteiger partial charge in [0, 0.05) is 23.4 Å². The molecule has 2 aromatic carbocycles.